The lowest BCUT2D eigenvalue weighted by Gasteiger charge is -1.91. The van der Waals surface area contributed by atoms with Crippen molar-refractivity contribution in [2.24, 2.45) is 0 Å². The van der Waals surface area contributed by atoms with E-state index in [1.54, 1.807) is 0 Å². The molecule has 0 atom stereocenters. The number of rotatable bonds is 3. The number of hydrogen-bond acceptors (Lipinski definition) is 2. The summed E-state index contributed by atoms with van der Waals surface area (Å²) in [5.41, 5.74) is 2.85. The number of aromatic nitrogens is 2. The first-order valence-electron chi connectivity index (χ1n) is 4.57. The van der Waals surface area contributed by atoms with E-state index >= 15 is 0 Å². The number of aryl methyl sites for hydroxylation is 1. The predicted octanol–water partition coefficient (Wildman–Crippen LogP) is 1.50. The van der Waals surface area contributed by atoms with Crippen LogP contribution in [-0.2, 0) is 17.6 Å². The molecule has 0 bridgehead atoms. The average Bonchev–Trinajstić information content (AvgIpc) is 2.61. The number of fused-ring (bicyclic) bond motifs is 1. The Balaban J connectivity index is 2.24. The van der Waals surface area contributed by atoms with Gasteiger partial charge in [-0.15, -0.1) is 0 Å². The maximum atomic E-state index is 10.5. The second-order valence-corrected chi connectivity index (χ2v) is 3.31. The molecular formula is C10H12N2O. The molecule has 0 aromatic carbocycles. The summed E-state index contributed by atoms with van der Waals surface area (Å²) in [5.74, 6) is 1.04. The Hall–Kier alpha value is -1.38. The summed E-state index contributed by atoms with van der Waals surface area (Å²) in [6, 6.07) is 0. The Labute approximate surface area is 76.9 Å². The topological polar surface area (TPSA) is 45.8 Å². The van der Waals surface area contributed by atoms with E-state index < -0.39 is 0 Å². The molecule has 0 radical (unpaired) electrons. The molecule has 1 N–H and O–H groups in total. The number of H-pyrrole nitrogens is 1. The summed E-state index contributed by atoms with van der Waals surface area (Å²) in [6.45, 7) is 2.13. The standard InChI is InChI=1S/C10H12N2O/c1-2-3-10-11-8-4-7(6-13)5-9(8)12-10/h4,6H,2-3,5H2,1H3,(H,11,12). The second-order valence-electron chi connectivity index (χ2n) is 3.31. The lowest BCUT2D eigenvalue weighted by Crippen LogP contribution is -1.90. The second kappa shape index (κ2) is 3.17. The van der Waals surface area contributed by atoms with Gasteiger partial charge in [0.1, 0.15) is 12.1 Å². The van der Waals surface area contributed by atoms with E-state index in [-0.39, 0.29) is 0 Å². The number of nitrogens with zero attached hydrogens (tertiary/aromatic N) is 1. The number of imidazole rings is 1. The van der Waals surface area contributed by atoms with E-state index in [9.17, 15) is 4.79 Å². The average molecular weight is 176 g/mol. The Kier molecular flexibility index (Phi) is 2.00. The maximum Gasteiger partial charge on any atom is 0.146 e. The minimum absolute atomic E-state index is 0.718. The Morgan fingerprint density at radius 1 is 1.69 bits per heavy atom. The Bertz CT molecular complexity index is 363. The summed E-state index contributed by atoms with van der Waals surface area (Å²) in [5, 5.41) is 0. The number of carbonyl (C=O) groups is 1. The highest BCUT2D eigenvalue weighted by Gasteiger charge is 2.16. The monoisotopic (exact) mass is 176 g/mol. The molecule has 1 aliphatic carbocycles. The van der Waals surface area contributed by atoms with Crippen molar-refractivity contribution in [2.45, 2.75) is 26.2 Å². The van der Waals surface area contributed by atoms with Crippen molar-refractivity contribution in [1.29, 1.82) is 0 Å². The van der Waals surface area contributed by atoms with Crippen LogP contribution in [0, 0.1) is 0 Å². The highest BCUT2D eigenvalue weighted by Crippen LogP contribution is 2.21. The van der Waals surface area contributed by atoms with Gasteiger partial charge in [-0.2, -0.15) is 0 Å². The van der Waals surface area contributed by atoms with Gasteiger partial charge in [-0.25, -0.2) is 4.98 Å². The van der Waals surface area contributed by atoms with Crippen LogP contribution >= 0.6 is 0 Å². The van der Waals surface area contributed by atoms with E-state index in [4.69, 9.17) is 0 Å². The zero-order valence-corrected chi connectivity index (χ0v) is 7.63. The summed E-state index contributed by atoms with van der Waals surface area (Å²) < 4.78 is 0. The van der Waals surface area contributed by atoms with Gasteiger partial charge in [0, 0.05) is 24.1 Å². The van der Waals surface area contributed by atoms with E-state index in [0.717, 1.165) is 48.3 Å². The van der Waals surface area contributed by atoms with Crippen molar-refractivity contribution in [1.82, 2.24) is 9.97 Å². The van der Waals surface area contributed by atoms with Crippen LogP contribution in [0.25, 0.3) is 6.08 Å². The third kappa shape index (κ3) is 1.41. The molecule has 0 saturated heterocycles. The zero-order valence-electron chi connectivity index (χ0n) is 7.63. The van der Waals surface area contributed by atoms with Crippen LogP contribution in [0.2, 0.25) is 0 Å². The number of allylic oxidation sites excluding steroid dienone is 1. The van der Waals surface area contributed by atoms with E-state index in [1.807, 2.05) is 6.08 Å². The molecule has 0 spiro atoms. The van der Waals surface area contributed by atoms with Gasteiger partial charge >= 0.3 is 0 Å². The fourth-order valence-electron chi connectivity index (χ4n) is 1.59. The molecule has 3 heteroatoms. The maximum absolute atomic E-state index is 10.5. The smallest absolute Gasteiger partial charge is 0.146 e. The van der Waals surface area contributed by atoms with Crippen molar-refractivity contribution in [3.05, 3.63) is 22.8 Å². The Morgan fingerprint density at radius 3 is 3.15 bits per heavy atom. The van der Waals surface area contributed by atoms with Gasteiger partial charge in [0.05, 0.1) is 5.69 Å². The molecule has 2 rings (SSSR count). The molecule has 0 fully saturated rings. The van der Waals surface area contributed by atoms with Crippen molar-refractivity contribution in [3.8, 4) is 0 Å². The molecule has 0 aliphatic heterocycles. The molecule has 1 aromatic heterocycles. The minimum atomic E-state index is 0.718. The molecule has 13 heavy (non-hydrogen) atoms. The van der Waals surface area contributed by atoms with Crippen LogP contribution in [0.1, 0.15) is 30.6 Å². The van der Waals surface area contributed by atoms with Gasteiger partial charge in [-0.05, 0) is 12.5 Å². The third-order valence-electron chi connectivity index (χ3n) is 2.20. The van der Waals surface area contributed by atoms with Crippen LogP contribution < -0.4 is 0 Å². The van der Waals surface area contributed by atoms with Gasteiger partial charge in [0.2, 0.25) is 0 Å². The van der Waals surface area contributed by atoms with Crippen LogP contribution in [0.3, 0.4) is 0 Å². The number of nitrogens with one attached hydrogen (secondary N) is 1. The molecule has 68 valence electrons. The summed E-state index contributed by atoms with van der Waals surface area (Å²) in [4.78, 5) is 18.1. The highest BCUT2D eigenvalue weighted by atomic mass is 16.1. The number of carbonyl (C=O) groups excluding carboxylic acids is 1. The van der Waals surface area contributed by atoms with Gasteiger partial charge in [-0.1, -0.05) is 6.92 Å². The van der Waals surface area contributed by atoms with Gasteiger partial charge in [-0.3, -0.25) is 4.79 Å². The number of aromatic amines is 1. The first-order chi connectivity index (χ1) is 6.33. The highest BCUT2D eigenvalue weighted by molar-refractivity contribution is 5.85. The van der Waals surface area contributed by atoms with Crippen molar-refractivity contribution in [2.75, 3.05) is 0 Å². The van der Waals surface area contributed by atoms with E-state index in [2.05, 4.69) is 16.9 Å². The third-order valence-corrected chi connectivity index (χ3v) is 2.20. The van der Waals surface area contributed by atoms with Crippen LogP contribution in [0.5, 0.6) is 0 Å². The molecular weight excluding hydrogens is 164 g/mol. The fourth-order valence-corrected chi connectivity index (χ4v) is 1.59. The van der Waals surface area contributed by atoms with Crippen LogP contribution in [0.15, 0.2) is 5.57 Å². The van der Waals surface area contributed by atoms with Crippen molar-refractivity contribution in [3.63, 3.8) is 0 Å². The molecule has 0 amide bonds. The van der Waals surface area contributed by atoms with Gasteiger partial charge in [0.15, 0.2) is 0 Å². The van der Waals surface area contributed by atoms with Gasteiger partial charge in [0.25, 0.3) is 0 Å². The lowest BCUT2D eigenvalue weighted by molar-refractivity contribution is -0.104. The molecule has 0 unspecified atom stereocenters. The SMILES string of the molecule is CCCc1nc2c([nH]1)CC(C=O)=C2. The molecule has 1 aromatic rings. The summed E-state index contributed by atoms with van der Waals surface area (Å²) in [7, 11) is 0. The zero-order chi connectivity index (χ0) is 9.26. The summed E-state index contributed by atoms with van der Waals surface area (Å²) >= 11 is 0. The number of hydrogen-bond donors (Lipinski definition) is 1. The largest absolute Gasteiger partial charge is 0.345 e. The lowest BCUT2D eigenvalue weighted by atomic mass is 10.2. The fraction of sp³-hybridized carbons (Fsp3) is 0.400. The van der Waals surface area contributed by atoms with E-state index in [1.165, 1.54) is 0 Å². The van der Waals surface area contributed by atoms with Crippen molar-refractivity contribution >= 4 is 12.4 Å². The normalized spacial score (nSPS) is 14.1. The van der Waals surface area contributed by atoms with Crippen molar-refractivity contribution < 1.29 is 4.79 Å². The Morgan fingerprint density at radius 2 is 2.54 bits per heavy atom. The first-order valence-corrected chi connectivity index (χ1v) is 4.57. The van der Waals surface area contributed by atoms with Crippen LogP contribution in [-0.4, -0.2) is 16.3 Å². The van der Waals surface area contributed by atoms with Gasteiger partial charge < -0.3 is 4.98 Å². The number of aldehydes is 1. The molecule has 1 aliphatic rings. The quantitative estimate of drug-likeness (QED) is 0.709. The molecule has 0 saturated carbocycles. The first kappa shape index (κ1) is 8.23. The molecule has 1 heterocycles. The summed E-state index contributed by atoms with van der Waals surface area (Å²) in [6.07, 6.45) is 5.55. The van der Waals surface area contributed by atoms with Crippen LogP contribution in [0.4, 0.5) is 0 Å². The predicted molar refractivity (Wildman–Crippen MR) is 50.3 cm³/mol. The molecule has 3 nitrogen and oxygen atoms in total. The van der Waals surface area contributed by atoms with E-state index in [0.29, 0.717) is 0 Å². The minimum Gasteiger partial charge on any atom is -0.345 e.